The van der Waals surface area contributed by atoms with E-state index in [1.54, 1.807) is 24.5 Å². The Morgan fingerprint density at radius 2 is 1.96 bits per heavy atom. The molecule has 0 radical (unpaired) electrons. The third kappa shape index (κ3) is 6.41. The second-order valence-corrected chi connectivity index (χ2v) is 8.20. The first-order valence-corrected chi connectivity index (χ1v) is 10.5. The molecule has 2 rings (SSSR count). The van der Waals surface area contributed by atoms with E-state index in [4.69, 9.17) is 16.3 Å². The molecule has 0 saturated heterocycles. The lowest BCUT2D eigenvalue weighted by molar-refractivity contribution is -0.121. The van der Waals surface area contributed by atoms with Crippen molar-refractivity contribution in [2.45, 2.75) is 19.4 Å². The molecule has 0 spiro atoms. The fraction of sp³-hybridized carbons (Fsp3) is 0.333. The van der Waals surface area contributed by atoms with Gasteiger partial charge in [-0.3, -0.25) is 14.1 Å². The van der Waals surface area contributed by atoms with Crippen molar-refractivity contribution in [2.24, 2.45) is 0 Å². The van der Waals surface area contributed by atoms with Gasteiger partial charge in [-0.25, -0.2) is 8.42 Å². The van der Waals surface area contributed by atoms with E-state index in [-0.39, 0.29) is 18.9 Å². The highest BCUT2D eigenvalue weighted by Gasteiger charge is 2.19. The molecule has 0 fully saturated rings. The molecule has 2 aromatic rings. The van der Waals surface area contributed by atoms with Gasteiger partial charge in [0.2, 0.25) is 15.9 Å². The number of benzene rings is 1. The van der Waals surface area contributed by atoms with Crippen LogP contribution in [0.1, 0.15) is 18.4 Å². The quantitative estimate of drug-likeness (QED) is 0.685. The van der Waals surface area contributed by atoms with Crippen molar-refractivity contribution in [1.29, 1.82) is 0 Å². The molecular formula is C18H22ClN3O4S. The number of hydrogen-bond donors (Lipinski definition) is 1. The minimum atomic E-state index is -3.51. The summed E-state index contributed by atoms with van der Waals surface area (Å²) in [5, 5.41) is 3.12. The number of sulfonamides is 1. The number of anilines is 1. The number of pyridine rings is 1. The van der Waals surface area contributed by atoms with E-state index in [2.05, 4.69) is 10.3 Å². The van der Waals surface area contributed by atoms with Crippen molar-refractivity contribution in [2.75, 3.05) is 24.2 Å². The molecule has 0 aliphatic rings. The van der Waals surface area contributed by atoms with Crippen LogP contribution >= 0.6 is 11.6 Å². The second-order valence-electron chi connectivity index (χ2n) is 5.89. The highest BCUT2D eigenvalue weighted by molar-refractivity contribution is 7.92. The summed E-state index contributed by atoms with van der Waals surface area (Å²) in [6.45, 7) is 0.579. The van der Waals surface area contributed by atoms with E-state index >= 15 is 0 Å². The van der Waals surface area contributed by atoms with Crippen LogP contribution in [-0.4, -0.2) is 39.2 Å². The average Bonchev–Trinajstić information content (AvgIpc) is 2.63. The Kier molecular flexibility index (Phi) is 7.44. The average molecular weight is 412 g/mol. The minimum Gasteiger partial charge on any atom is -0.495 e. The smallest absolute Gasteiger partial charge is 0.232 e. The van der Waals surface area contributed by atoms with Gasteiger partial charge in [0.1, 0.15) is 5.75 Å². The van der Waals surface area contributed by atoms with E-state index < -0.39 is 10.0 Å². The fourth-order valence-corrected chi connectivity index (χ4v) is 3.68. The van der Waals surface area contributed by atoms with Gasteiger partial charge in [0, 0.05) is 31.9 Å². The molecular weight excluding hydrogens is 390 g/mol. The van der Waals surface area contributed by atoms with Crippen molar-refractivity contribution in [3.8, 4) is 5.75 Å². The van der Waals surface area contributed by atoms with Crippen molar-refractivity contribution in [3.63, 3.8) is 0 Å². The summed E-state index contributed by atoms with van der Waals surface area (Å²) in [6.07, 6.45) is 5.02. The van der Waals surface area contributed by atoms with Crippen molar-refractivity contribution in [1.82, 2.24) is 10.3 Å². The van der Waals surface area contributed by atoms with Crippen LogP contribution in [0.4, 0.5) is 5.69 Å². The zero-order chi connectivity index (χ0) is 19.9. The lowest BCUT2D eigenvalue weighted by Gasteiger charge is -2.23. The number of rotatable bonds is 9. The number of carbonyl (C=O) groups excluding carboxylic acids is 1. The Labute approximate surface area is 164 Å². The van der Waals surface area contributed by atoms with Crippen LogP contribution < -0.4 is 14.4 Å². The summed E-state index contributed by atoms with van der Waals surface area (Å²) in [7, 11) is -2.03. The molecule has 27 heavy (non-hydrogen) atoms. The Bertz CT molecular complexity index is 875. The number of hydrogen-bond acceptors (Lipinski definition) is 5. The van der Waals surface area contributed by atoms with Gasteiger partial charge in [-0.1, -0.05) is 11.6 Å². The van der Waals surface area contributed by atoms with E-state index in [1.807, 2.05) is 12.1 Å². The van der Waals surface area contributed by atoms with Gasteiger partial charge in [-0.2, -0.15) is 0 Å². The molecule has 0 aliphatic carbocycles. The summed E-state index contributed by atoms with van der Waals surface area (Å²) in [4.78, 5) is 15.9. The predicted octanol–water partition coefficient (Wildman–Crippen LogP) is 2.61. The first-order chi connectivity index (χ1) is 12.8. The van der Waals surface area contributed by atoms with Crippen LogP contribution in [0.25, 0.3) is 0 Å². The highest BCUT2D eigenvalue weighted by atomic mass is 35.5. The summed E-state index contributed by atoms with van der Waals surface area (Å²) in [5.74, 6) is 0.317. The monoisotopic (exact) mass is 411 g/mol. The van der Waals surface area contributed by atoms with Gasteiger partial charge < -0.3 is 10.1 Å². The number of carbonyl (C=O) groups is 1. The molecule has 9 heteroatoms. The summed E-state index contributed by atoms with van der Waals surface area (Å²) >= 11 is 6.09. The van der Waals surface area contributed by atoms with Gasteiger partial charge in [0.25, 0.3) is 0 Å². The SMILES string of the molecule is COc1ccc(N(CCCC(=O)NCc2ccncc2)S(C)(=O)=O)cc1Cl. The van der Waals surface area contributed by atoms with E-state index in [0.29, 0.717) is 29.4 Å². The zero-order valence-corrected chi connectivity index (χ0v) is 16.8. The normalized spacial score (nSPS) is 11.1. The third-order valence-electron chi connectivity index (χ3n) is 3.83. The Balaban J connectivity index is 1.93. The lowest BCUT2D eigenvalue weighted by Crippen LogP contribution is -2.32. The zero-order valence-electron chi connectivity index (χ0n) is 15.2. The Morgan fingerprint density at radius 3 is 2.56 bits per heavy atom. The topological polar surface area (TPSA) is 88.6 Å². The molecule has 1 heterocycles. The number of ether oxygens (including phenoxy) is 1. The molecule has 1 aromatic carbocycles. The molecule has 0 aliphatic heterocycles. The number of halogens is 1. The van der Waals surface area contributed by atoms with Crippen LogP contribution in [0.3, 0.4) is 0 Å². The highest BCUT2D eigenvalue weighted by Crippen LogP contribution is 2.30. The number of aromatic nitrogens is 1. The largest absolute Gasteiger partial charge is 0.495 e. The van der Waals surface area contributed by atoms with Crippen molar-refractivity contribution in [3.05, 3.63) is 53.3 Å². The maximum atomic E-state index is 12.1. The molecule has 7 nitrogen and oxygen atoms in total. The van der Waals surface area contributed by atoms with E-state index in [1.165, 1.54) is 17.5 Å². The van der Waals surface area contributed by atoms with E-state index in [9.17, 15) is 13.2 Å². The molecule has 1 aromatic heterocycles. The number of nitrogens with one attached hydrogen (secondary N) is 1. The van der Waals surface area contributed by atoms with Gasteiger partial charge in [0.05, 0.1) is 24.1 Å². The van der Waals surface area contributed by atoms with Crippen LogP contribution in [0, 0.1) is 0 Å². The van der Waals surface area contributed by atoms with Gasteiger partial charge in [0.15, 0.2) is 0 Å². The maximum Gasteiger partial charge on any atom is 0.232 e. The maximum absolute atomic E-state index is 12.1. The van der Waals surface area contributed by atoms with Crippen LogP contribution in [-0.2, 0) is 21.4 Å². The van der Waals surface area contributed by atoms with Crippen LogP contribution in [0.15, 0.2) is 42.7 Å². The lowest BCUT2D eigenvalue weighted by atomic mass is 10.2. The Morgan fingerprint density at radius 1 is 1.26 bits per heavy atom. The van der Waals surface area contributed by atoms with Crippen molar-refractivity contribution < 1.29 is 17.9 Å². The van der Waals surface area contributed by atoms with Crippen LogP contribution in [0.2, 0.25) is 5.02 Å². The standard InChI is InChI=1S/C18H22ClN3O4S/c1-26-17-6-5-15(12-16(17)19)22(27(2,24)25)11-3-4-18(23)21-13-14-7-9-20-10-8-14/h5-10,12H,3-4,11,13H2,1-2H3,(H,21,23). The van der Waals surface area contributed by atoms with Crippen LogP contribution in [0.5, 0.6) is 5.75 Å². The molecule has 0 saturated carbocycles. The second kappa shape index (κ2) is 9.57. The first kappa shape index (κ1) is 21.0. The predicted molar refractivity (Wildman–Crippen MR) is 106 cm³/mol. The summed E-state index contributed by atoms with van der Waals surface area (Å²) in [5.41, 5.74) is 1.38. The molecule has 1 amide bonds. The van der Waals surface area contributed by atoms with E-state index in [0.717, 1.165) is 11.8 Å². The molecule has 0 atom stereocenters. The fourth-order valence-electron chi connectivity index (χ4n) is 2.47. The third-order valence-corrected chi connectivity index (χ3v) is 5.32. The Hall–Kier alpha value is -2.32. The number of nitrogens with zero attached hydrogens (tertiary/aromatic N) is 2. The van der Waals surface area contributed by atoms with Gasteiger partial charge >= 0.3 is 0 Å². The molecule has 0 bridgehead atoms. The molecule has 1 N–H and O–H groups in total. The molecule has 0 unspecified atom stereocenters. The summed E-state index contributed by atoms with van der Waals surface area (Å²) in [6, 6.07) is 8.40. The van der Waals surface area contributed by atoms with Gasteiger partial charge in [-0.05, 0) is 42.3 Å². The summed E-state index contributed by atoms with van der Waals surface area (Å²) < 4.78 is 30.6. The molecule has 146 valence electrons. The van der Waals surface area contributed by atoms with Crippen molar-refractivity contribution >= 4 is 33.2 Å². The van der Waals surface area contributed by atoms with Gasteiger partial charge in [-0.15, -0.1) is 0 Å². The number of methoxy groups -OCH3 is 1. The minimum absolute atomic E-state index is 0.145. The number of amides is 1. The first-order valence-electron chi connectivity index (χ1n) is 8.28.